The van der Waals surface area contributed by atoms with Crippen LogP contribution in [0.3, 0.4) is 0 Å². The standard InChI is InChI=1S/C22H31N5O3/c1-16-9-12-25(13-10-16)14-18-4-3-11-26(15-18)17(2)21-23-24-22(30-21)19-5-7-20(8-6-19)27(28)29/h5-8,16-18H,3-4,9-15H2,1-2H3. The van der Waals surface area contributed by atoms with E-state index in [9.17, 15) is 10.1 Å². The second-order valence-electron chi connectivity index (χ2n) is 8.91. The molecule has 0 aliphatic carbocycles. The molecule has 4 rings (SSSR count). The maximum atomic E-state index is 10.8. The van der Waals surface area contributed by atoms with Gasteiger partial charge in [-0.1, -0.05) is 6.92 Å². The molecule has 3 heterocycles. The van der Waals surface area contributed by atoms with E-state index in [1.807, 2.05) is 0 Å². The minimum atomic E-state index is -0.414. The van der Waals surface area contributed by atoms with Crippen LogP contribution in [0.5, 0.6) is 0 Å². The van der Waals surface area contributed by atoms with Crippen LogP contribution in [0, 0.1) is 22.0 Å². The first-order valence-corrected chi connectivity index (χ1v) is 11.0. The minimum absolute atomic E-state index is 0.0504. The van der Waals surface area contributed by atoms with Gasteiger partial charge in [0.15, 0.2) is 0 Å². The Bertz CT molecular complexity index is 845. The molecule has 2 aromatic rings. The Hall–Kier alpha value is -2.32. The zero-order valence-corrected chi connectivity index (χ0v) is 17.9. The van der Waals surface area contributed by atoms with Gasteiger partial charge in [0.05, 0.1) is 11.0 Å². The number of non-ortho nitro benzene ring substituents is 1. The topological polar surface area (TPSA) is 88.5 Å². The molecule has 2 fully saturated rings. The summed E-state index contributed by atoms with van der Waals surface area (Å²) in [7, 11) is 0. The lowest BCUT2D eigenvalue weighted by Gasteiger charge is -2.39. The second kappa shape index (κ2) is 9.22. The van der Waals surface area contributed by atoms with Crippen LogP contribution in [-0.4, -0.2) is 57.6 Å². The van der Waals surface area contributed by atoms with Crippen LogP contribution in [0.1, 0.15) is 51.5 Å². The van der Waals surface area contributed by atoms with E-state index in [4.69, 9.17) is 4.42 Å². The van der Waals surface area contributed by atoms with E-state index in [1.165, 1.54) is 57.5 Å². The van der Waals surface area contributed by atoms with Gasteiger partial charge in [0, 0.05) is 30.8 Å². The van der Waals surface area contributed by atoms with Crippen molar-refractivity contribution >= 4 is 5.69 Å². The van der Waals surface area contributed by atoms with Gasteiger partial charge in [0.1, 0.15) is 0 Å². The fourth-order valence-electron chi connectivity index (χ4n) is 4.61. The summed E-state index contributed by atoms with van der Waals surface area (Å²) >= 11 is 0. The van der Waals surface area contributed by atoms with Crippen molar-refractivity contribution in [3.8, 4) is 11.5 Å². The molecular weight excluding hydrogens is 382 g/mol. The summed E-state index contributed by atoms with van der Waals surface area (Å²) in [4.78, 5) is 15.5. The highest BCUT2D eigenvalue weighted by Crippen LogP contribution is 2.29. The van der Waals surface area contributed by atoms with Crippen molar-refractivity contribution < 1.29 is 9.34 Å². The summed E-state index contributed by atoms with van der Waals surface area (Å²) in [5, 5.41) is 19.3. The maximum Gasteiger partial charge on any atom is 0.269 e. The molecule has 0 N–H and O–H groups in total. The first-order valence-electron chi connectivity index (χ1n) is 11.0. The fourth-order valence-corrected chi connectivity index (χ4v) is 4.61. The van der Waals surface area contributed by atoms with Gasteiger partial charge in [-0.25, -0.2) is 0 Å². The van der Waals surface area contributed by atoms with Crippen molar-refractivity contribution in [2.75, 3.05) is 32.7 Å². The van der Waals surface area contributed by atoms with E-state index < -0.39 is 4.92 Å². The van der Waals surface area contributed by atoms with Gasteiger partial charge >= 0.3 is 0 Å². The smallest absolute Gasteiger partial charge is 0.269 e. The largest absolute Gasteiger partial charge is 0.419 e. The third kappa shape index (κ3) is 4.87. The van der Waals surface area contributed by atoms with Crippen molar-refractivity contribution in [1.82, 2.24) is 20.0 Å². The number of piperidine rings is 2. The molecule has 0 amide bonds. The molecule has 30 heavy (non-hydrogen) atoms. The van der Waals surface area contributed by atoms with Crippen molar-refractivity contribution in [2.24, 2.45) is 11.8 Å². The lowest BCUT2D eigenvalue weighted by molar-refractivity contribution is -0.384. The van der Waals surface area contributed by atoms with Crippen LogP contribution in [-0.2, 0) is 0 Å². The zero-order chi connectivity index (χ0) is 21.1. The lowest BCUT2D eigenvalue weighted by atomic mass is 9.93. The van der Waals surface area contributed by atoms with Crippen molar-refractivity contribution in [2.45, 2.75) is 45.6 Å². The second-order valence-corrected chi connectivity index (χ2v) is 8.91. The first-order chi connectivity index (χ1) is 14.5. The van der Waals surface area contributed by atoms with Crippen LogP contribution in [0.2, 0.25) is 0 Å². The Morgan fingerprint density at radius 1 is 1.17 bits per heavy atom. The summed E-state index contributed by atoms with van der Waals surface area (Å²) in [6.45, 7) is 10.2. The summed E-state index contributed by atoms with van der Waals surface area (Å²) in [6, 6.07) is 6.28. The van der Waals surface area contributed by atoms with E-state index in [1.54, 1.807) is 12.1 Å². The molecule has 0 radical (unpaired) electrons. The quantitative estimate of drug-likeness (QED) is 0.519. The van der Waals surface area contributed by atoms with Crippen molar-refractivity contribution in [3.05, 3.63) is 40.3 Å². The predicted molar refractivity (Wildman–Crippen MR) is 114 cm³/mol. The molecule has 2 aliphatic rings. The summed E-state index contributed by atoms with van der Waals surface area (Å²) in [6.07, 6.45) is 5.12. The molecule has 2 saturated heterocycles. The number of aromatic nitrogens is 2. The fraction of sp³-hybridized carbons (Fsp3) is 0.636. The van der Waals surface area contributed by atoms with Gasteiger partial charge in [-0.3, -0.25) is 15.0 Å². The molecule has 162 valence electrons. The predicted octanol–water partition coefficient (Wildman–Crippen LogP) is 4.15. The normalized spacial score (nSPS) is 22.8. The van der Waals surface area contributed by atoms with Crippen LogP contribution in [0.4, 0.5) is 5.69 Å². The maximum absolute atomic E-state index is 10.8. The number of nitro groups is 1. The Morgan fingerprint density at radius 2 is 1.90 bits per heavy atom. The number of nitro benzene ring substituents is 1. The SMILES string of the molecule is CC1CCN(CC2CCCN(C(C)c3nnc(-c4ccc([N+](=O)[O-])cc4)o3)C2)CC1. The molecule has 8 nitrogen and oxygen atoms in total. The van der Waals surface area contributed by atoms with E-state index in [-0.39, 0.29) is 11.7 Å². The van der Waals surface area contributed by atoms with Gasteiger partial charge in [0.2, 0.25) is 11.8 Å². The van der Waals surface area contributed by atoms with Gasteiger partial charge in [-0.05, 0) is 76.2 Å². The minimum Gasteiger partial charge on any atom is -0.419 e. The summed E-state index contributed by atoms with van der Waals surface area (Å²) in [5.74, 6) is 2.57. The average molecular weight is 414 g/mol. The summed E-state index contributed by atoms with van der Waals surface area (Å²) < 4.78 is 5.94. The molecule has 0 bridgehead atoms. The molecule has 2 aliphatic heterocycles. The third-order valence-corrected chi connectivity index (χ3v) is 6.61. The number of hydrogen-bond acceptors (Lipinski definition) is 7. The average Bonchev–Trinajstić information content (AvgIpc) is 3.25. The zero-order valence-electron chi connectivity index (χ0n) is 17.9. The Labute approximate surface area is 177 Å². The van der Waals surface area contributed by atoms with Crippen LogP contribution >= 0.6 is 0 Å². The Morgan fingerprint density at radius 3 is 2.60 bits per heavy atom. The van der Waals surface area contributed by atoms with E-state index in [0.29, 0.717) is 23.3 Å². The van der Waals surface area contributed by atoms with E-state index in [0.717, 1.165) is 19.0 Å². The number of rotatable bonds is 6. The van der Waals surface area contributed by atoms with Gasteiger partial charge in [-0.2, -0.15) is 0 Å². The van der Waals surface area contributed by atoms with E-state index >= 15 is 0 Å². The summed E-state index contributed by atoms with van der Waals surface area (Å²) in [5.41, 5.74) is 0.747. The molecular formula is C22H31N5O3. The highest BCUT2D eigenvalue weighted by molar-refractivity contribution is 5.55. The van der Waals surface area contributed by atoms with Gasteiger partial charge in [0.25, 0.3) is 5.69 Å². The van der Waals surface area contributed by atoms with Crippen molar-refractivity contribution in [3.63, 3.8) is 0 Å². The molecule has 8 heteroatoms. The lowest BCUT2D eigenvalue weighted by Crippen LogP contribution is -2.43. The van der Waals surface area contributed by atoms with Crippen molar-refractivity contribution in [1.29, 1.82) is 0 Å². The number of likely N-dealkylation sites (tertiary alicyclic amines) is 2. The van der Waals surface area contributed by atoms with Crippen LogP contribution in [0.25, 0.3) is 11.5 Å². The molecule has 1 aromatic heterocycles. The third-order valence-electron chi connectivity index (χ3n) is 6.61. The monoisotopic (exact) mass is 413 g/mol. The Kier molecular flexibility index (Phi) is 6.43. The van der Waals surface area contributed by atoms with Gasteiger partial charge in [-0.15, -0.1) is 10.2 Å². The highest BCUT2D eigenvalue weighted by atomic mass is 16.6. The van der Waals surface area contributed by atoms with E-state index in [2.05, 4.69) is 33.8 Å². The number of nitrogens with zero attached hydrogens (tertiary/aromatic N) is 5. The number of benzene rings is 1. The van der Waals surface area contributed by atoms with Gasteiger partial charge < -0.3 is 9.32 Å². The molecule has 2 atom stereocenters. The Balaban J connectivity index is 1.37. The first kappa shape index (κ1) is 20.9. The molecule has 0 saturated carbocycles. The molecule has 2 unspecified atom stereocenters. The van der Waals surface area contributed by atoms with Crippen LogP contribution < -0.4 is 0 Å². The van der Waals surface area contributed by atoms with Crippen LogP contribution in [0.15, 0.2) is 28.7 Å². The molecule has 0 spiro atoms. The molecule has 1 aromatic carbocycles. The number of hydrogen-bond donors (Lipinski definition) is 0. The highest BCUT2D eigenvalue weighted by Gasteiger charge is 2.29.